The first-order valence-corrected chi connectivity index (χ1v) is 11.9. The first-order chi connectivity index (χ1) is 16.5. The van der Waals surface area contributed by atoms with E-state index in [0.29, 0.717) is 17.1 Å². The lowest BCUT2D eigenvalue weighted by Gasteiger charge is -2.37. The van der Waals surface area contributed by atoms with Crippen molar-refractivity contribution < 1.29 is 9.53 Å². The number of aromatic nitrogens is 2. The number of aryl methyl sites for hydroxylation is 1. The summed E-state index contributed by atoms with van der Waals surface area (Å²) in [6, 6.07) is 13.2. The standard InChI is InChI=1S/C27H29ClN4O2/c1-19-17-32(18-20(2)34-19)26-12-9-24(27(33)29-13-3-4-22-15-30-31-16-22)14-23(26)8-5-21-6-10-25(28)11-7-21/h6-7,9-12,14-16,19-20H,3-4,13,17-18H2,1-2H3,(H,29,33)(H,30,31)/t19-,20?/m0/s1. The molecule has 1 fully saturated rings. The van der Waals surface area contributed by atoms with E-state index >= 15 is 0 Å². The van der Waals surface area contributed by atoms with Crippen LogP contribution in [0.2, 0.25) is 5.02 Å². The van der Waals surface area contributed by atoms with E-state index in [1.807, 2.05) is 48.7 Å². The van der Waals surface area contributed by atoms with Crippen molar-refractivity contribution >= 4 is 23.2 Å². The summed E-state index contributed by atoms with van der Waals surface area (Å²) in [4.78, 5) is 15.1. The zero-order valence-electron chi connectivity index (χ0n) is 19.5. The SMILES string of the molecule is CC1CN(c2ccc(C(=O)NCCCc3cn[nH]c3)cc2C#Cc2ccc(Cl)cc2)C[C@H](C)O1. The number of aromatic amines is 1. The van der Waals surface area contributed by atoms with Gasteiger partial charge in [-0.3, -0.25) is 9.89 Å². The van der Waals surface area contributed by atoms with Crippen LogP contribution in [0.1, 0.15) is 47.3 Å². The molecule has 176 valence electrons. The summed E-state index contributed by atoms with van der Waals surface area (Å²) < 4.78 is 5.90. The van der Waals surface area contributed by atoms with Crippen molar-refractivity contribution in [1.29, 1.82) is 0 Å². The minimum Gasteiger partial charge on any atom is -0.372 e. The number of carbonyl (C=O) groups is 1. The number of carbonyl (C=O) groups excluding carboxylic acids is 1. The molecule has 2 heterocycles. The Bertz CT molecular complexity index is 1160. The molecule has 1 amide bonds. The van der Waals surface area contributed by atoms with E-state index in [9.17, 15) is 4.79 Å². The number of morpholine rings is 1. The fraction of sp³-hybridized carbons (Fsp3) is 0.333. The number of benzene rings is 2. The molecule has 0 saturated carbocycles. The van der Waals surface area contributed by atoms with Crippen molar-refractivity contribution in [2.75, 3.05) is 24.5 Å². The molecule has 6 nitrogen and oxygen atoms in total. The van der Waals surface area contributed by atoms with Gasteiger partial charge in [0.05, 0.1) is 24.1 Å². The van der Waals surface area contributed by atoms with Crippen LogP contribution in [0, 0.1) is 11.8 Å². The van der Waals surface area contributed by atoms with Gasteiger partial charge in [-0.05, 0) is 74.7 Å². The molecule has 0 radical (unpaired) electrons. The summed E-state index contributed by atoms with van der Waals surface area (Å²) in [6.07, 6.45) is 5.63. The number of nitrogens with one attached hydrogen (secondary N) is 2. The van der Waals surface area contributed by atoms with Crippen LogP contribution in [0.5, 0.6) is 0 Å². The predicted octanol–water partition coefficient (Wildman–Crippen LogP) is 4.44. The molecule has 1 saturated heterocycles. The van der Waals surface area contributed by atoms with Crippen LogP contribution < -0.4 is 10.2 Å². The van der Waals surface area contributed by atoms with Crippen molar-refractivity contribution in [2.24, 2.45) is 0 Å². The molecule has 0 bridgehead atoms. The number of hydrogen-bond donors (Lipinski definition) is 2. The van der Waals surface area contributed by atoms with Crippen molar-refractivity contribution in [1.82, 2.24) is 15.5 Å². The van der Waals surface area contributed by atoms with Gasteiger partial charge >= 0.3 is 0 Å². The molecule has 1 unspecified atom stereocenters. The van der Waals surface area contributed by atoms with E-state index in [2.05, 4.69) is 46.1 Å². The van der Waals surface area contributed by atoms with Crippen molar-refractivity contribution in [3.63, 3.8) is 0 Å². The summed E-state index contributed by atoms with van der Waals surface area (Å²) in [5, 5.41) is 10.4. The average Bonchev–Trinajstić information content (AvgIpc) is 3.34. The van der Waals surface area contributed by atoms with Gasteiger partial charge in [-0.1, -0.05) is 23.4 Å². The molecule has 1 aliphatic heterocycles. The Balaban J connectivity index is 1.53. The molecule has 2 aromatic carbocycles. The van der Waals surface area contributed by atoms with Crippen molar-refractivity contribution in [3.05, 3.63) is 82.1 Å². The third-order valence-electron chi connectivity index (χ3n) is 5.69. The number of ether oxygens (including phenoxy) is 1. The highest BCUT2D eigenvalue weighted by Gasteiger charge is 2.24. The first-order valence-electron chi connectivity index (χ1n) is 11.6. The lowest BCUT2D eigenvalue weighted by Crippen LogP contribution is -2.45. The van der Waals surface area contributed by atoms with Crippen LogP contribution in [-0.2, 0) is 11.2 Å². The second-order valence-electron chi connectivity index (χ2n) is 8.62. The number of rotatable bonds is 6. The van der Waals surface area contributed by atoms with Crippen LogP contribution in [0.3, 0.4) is 0 Å². The fourth-order valence-electron chi connectivity index (χ4n) is 4.11. The highest BCUT2D eigenvalue weighted by molar-refractivity contribution is 6.30. The Labute approximate surface area is 205 Å². The molecule has 3 aromatic rings. The van der Waals surface area contributed by atoms with Gasteiger partial charge in [-0.2, -0.15) is 5.10 Å². The smallest absolute Gasteiger partial charge is 0.251 e. The van der Waals surface area contributed by atoms with Gasteiger partial charge in [-0.15, -0.1) is 0 Å². The Morgan fingerprint density at radius 1 is 1.18 bits per heavy atom. The number of anilines is 1. The maximum atomic E-state index is 12.8. The largest absolute Gasteiger partial charge is 0.372 e. The van der Waals surface area contributed by atoms with Gasteiger partial charge in [0, 0.05) is 47.5 Å². The third-order valence-corrected chi connectivity index (χ3v) is 5.94. The van der Waals surface area contributed by atoms with E-state index in [-0.39, 0.29) is 18.1 Å². The van der Waals surface area contributed by atoms with Crippen molar-refractivity contribution in [2.45, 2.75) is 38.9 Å². The molecule has 0 aliphatic carbocycles. The van der Waals surface area contributed by atoms with E-state index in [1.165, 1.54) is 0 Å². The molecule has 2 atom stereocenters. The fourth-order valence-corrected chi connectivity index (χ4v) is 4.24. The maximum Gasteiger partial charge on any atom is 0.251 e. The monoisotopic (exact) mass is 476 g/mol. The quantitative estimate of drug-likeness (QED) is 0.407. The van der Waals surface area contributed by atoms with Gasteiger partial charge < -0.3 is 15.0 Å². The molecular formula is C27H29ClN4O2. The summed E-state index contributed by atoms with van der Waals surface area (Å²) in [7, 11) is 0. The summed E-state index contributed by atoms with van der Waals surface area (Å²) in [5.74, 6) is 6.41. The average molecular weight is 477 g/mol. The second-order valence-corrected chi connectivity index (χ2v) is 9.05. The minimum absolute atomic E-state index is 0.1000. The Morgan fingerprint density at radius 3 is 2.65 bits per heavy atom. The van der Waals surface area contributed by atoms with Gasteiger partial charge in [0.2, 0.25) is 0 Å². The van der Waals surface area contributed by atoms with Gasteiger partial charge in [-0.25, -0.2) is 0 Å². The summed E-state index contributed by atoms with van der Waals surface area (Å²) >= 11 is 6.00. The maximum absolute atomic E-state index is 12.8. The molecule has 1 aromatic heterocycles. The lowest BCUT2D eigenvalue weighted by molar-refractivity contribution is -0.00523. The molecule has 2 N–H and O–H groups in total. The number of H-pyrrole nitrogens is 1. The summed E-state index contributed by atoms with van der Waals surface area (Å²) in [6.45, 7) is 6.30. The normalized spacial score (nSPS) is 17.7. The third kappa shape index (κ3) is 6.40. The predicted molar refractivity (Wildman–Crippen MR) is 135 cm³/mol. The van der Waals surface area contributed by atoms with Gasteiger partial charge in [0.25, 0.3) is 5.91 Å². The first kappa shape index (κ1) is 23.9. The highest BCUT2D eigenvalue weighted by atomic mass is 35.5. The number of halogens is 1. The minimum atomic E-state index is -0.1000. The number of nitrogens with zero attached hydrogens (tertiary/aromatic N) is 2. The number of amides is 1. The van der Waals surface area contributed by atoms with Gasteiger partial charge in [0.1, 0.15) is 0 Å². The van der Waals surface area contributed by atoms with Crippen LogP contribution in [-0.4, -0.2) is 47.9 Å². The number of hydrogen-bond acceptors (Lipinski definition) is 4. The Hall–Kier alpha value is -3.27. The van der Waals surface area contributed by atoms with Crippen LogP contribution in [0.4, 0.5) is 5.69 Å². The van der Waals surface area contributed by atoms with Crippen LogP contribution in [0.25, 0.3) is 0 Å². The van der Waals surface area contributed by atoms with Crippen LogP contribution >= 0.6 is 11.6 Å². The zero-order valence-corrected chi connectivity index (χ0v) is 20.2. The second kappa shape index (κ2) is 11.2. The molecular weight excluding hydrogens is 448 g/mol. The molecule has 34 heavy (non-hydrogen) atoms. The zero-order chi connectivity index (χ0) is 23.9. The highest BCUT2D eigenvalue weighted by Crippen LogP contribution is 2.25. The van der Waals surface area contributed by atoms with E-state index in [0.717, 1.165) is 48.3 Å². The topological polar surface area (TPSA) is 70.2 Å². The van der Waals surface area contributed by atoms with Gasteiger partial charge in [0.15, 0.2) is 0 Å². The Morgan fingerprint density at radius 2 is 1.94 bits per heavy atom. The lowest BCUT2D eigenvalue weighted by atomic mass is 10.0. The molecule has 1 aliphatic rings. The van der Waals surface area contributed by atoms with E-state index in [1.54, 1.807) is 6.20 Å². The molecule has 4 rings (SSSR count). The van der Waals surface area contributed by atoms with Crippen LogP contribution in [0.15, 0.2) is 54.9 Å². The summed E-state index contributed by atoms with van der Waals surface area (Å²) in [5.41, 5.74) is 4.43. The molecule has 7 heteroatoms. The van der Waals surface area contributed by atoms with E-state index in [4.69, 9.17) is 16.3 Å². The van der Waals surface area contributed by atoms with E-state index < -0.39 is 0 Å². The Kier molecular flexibility index (Phi) is 7.89. The molecule has 0 spiro atoms. The van der Waals surface area contributed by atoms with Crippen molar-refractivity contribution in [3.8, 4) is 11.8 Å².